The number of carbonyl (C=O) groups is 2. The number of aliphatic carboxylic acids is 1. The van der Waals surface area contributed by atoms with Crippen LogP contribution in [0.15, 0.2) is 24.3 Å². The molecule has 0 saturated carbocycles. The largest absolute Gasteiger partial charge is 0.481 e. The molecule has 4 heteroatoms. The minimum Gasteiger partial charge on any atom is -0.481 e. The van der Waals surface area contributed by atoms with Gasteiger partial charge in [0.25, 0.3) is 0 Å². The number of aryl methyl sites for hydroxylation is 1. The molecule has 120 valence electrons. The minimum atomic E-state index is -0.830. The molecule has 1 amide bonds. The van der Waals surface area contributed by atoms with Crippen LogP contribution >= 0.6 is 0 Å². The molecule has 0 fully saturated rings. The predicted molar refractivity (Wildman–Crippen MR) is 85.8 cm³/mol. The fraction of sp³-hybridized carbons (Fsp3) is 0.556. The summed E-state index contributed by atoms with van der Waals surface area (Å²) in [5, 5.41) is 11.8. The molecule has 1 atom stereocenters. The highest BCUT2D eigenvalue weighted by molar-refractivity contribution is 5.78. The summed E-state index contributed by atoms with van der Waals surface area (Å²) < 4.78 is 0. The van der Waals surface area contributed by atoms with E-state index in [2.05, 4.69) is 23.5 Å². The summed E-state index contributed by atoms with van der Waals surface area (Å²) in [6.07, 6.45) is 4.25. The summed E-state index contributed by atoms with van der Waals surface area (Å²) in [6.45, 7) is 3.76. The van der Waals surface area contributed by atoms with E-state index >= 15 is 0 Å². The van der Waals surface area contributed by atoms with Crippen LogP contribution in [0.2, 0.25) is 0 Å². The van der Waals surface area contributed by atoms with E-state index in [0.717, 1.165) is 19.3 Å². The zero-order chi connectivity index (χ0) is 16.2. The second-order valence-electron chi connectivity index (χ2n) is 6.82. The molecule has 1 unspecified atom stereocenters. The first kappa shape index (κ1) is 16.5. The molecule has 2 N–H and O–H groups in total. The normalized spacial score (nSPS) is 17.6. The summed E-state index contributed by atoms with van der Waals surface area (Å²) in [4.78, 5) is 23.0. The molecule has 22 heavy (non-hydrogen) atoms. The maximum atomic E-state index is 12.3. The SMILES string of the molecule is CC(C)(CCC(=O)O)NC(=O)CC1CCCc2ccccc21. The summed E-state index contributed by atoms with van der Waals surface area (Å²) >= 11 is 0. The molecule has 0 aliphatic heterocycles. The number of benzene rings is 1. The number of rotatable bonds is 6. The first-order valence-electron chi connectivity index (χ1n) is 7.98. The fourth-order valence-electron chi connectivity index (χ4n) is 3.20. The lowest BCUT2D eigenvalue weighted by atomic mass is 9.81. The van der Waals surface area contributed by atoms with Crippen LogP contribution in [0.4, 0.5) is 0 Å². The number of nitrogens with one attached hydrogen (secondary N) is 1. The van der Waals surface area contributed by atoms with Gasteiger partial charge in [0.2, 0.25) is 5.91 Å². The Hall–Kier alpha value is -1.84. The smallest absolute Gasteiger partial charge is 0.303 e. The number of carboxylic acids is 1. The van der Waals surface area contributed by atoms with Crippen molar-refractivity contribution in [3.8, 4) is 0 Å². The monoisotopic (exact) mass is 303 g/mol. The molecular weight excluding hydrogens is 278 g/mol. The Morgan fingerprint density at radius 3 is 2.77 bits per heavy atom. The first-order chi connectivity index (χ1) is 10.4. The molecule has 1 aliphatic rings. The van der Waals surface area contributed by atoms with Crippen LogP contribution in [-0.2, 0) is 16.0 Å². The van der Waals surface area contributed by atoms with E-state index in [1.807, 2.05) is 19.9 Å². The van der Waals surface area contributed by atoms with Gasteiger partial charge in [0.1, 0.15) is 0 Å². The van der Waals surface area contributed by atoms with Crippen molar-refractivity contribution >= 4 is 11.9 Å². The van der Waals surface area contributed by atoms with E-state index < -0.39 is 11.5 Å². The highest BCUT2D eigenvalue weighted by atomic mass is 16.4. The lowest BCUT2D eigenvalue weighted by Crippen LogP contribution is -2.44. The van der Waals surface area contributed by atoms with Crippen molar-refractivity contribution in [3.05, 3.63) is 35.4 Å². The third kappa shape index (κ3) is 4.58. The third-order valence-corrected chi connectivity index (χ3v) is 4.37. The van der Waals surface area contributed by atoms with Crippen molar-refractivity contribution in [2.24, 2.45) is 0 Å². The van der Waals surface area contributed by atoms with Gasteiger partial charge in [-0.1, -0.05) is 24.3 Å². The van der Waals surface area contributed by atoms with Crippen LogP contribution in [0, 0.1) is 0 Å². The zero-order valence-electron chi connectivity index (χ0n) is 13.4. The predicted octanol–water partition coefficient (Wildman–Crippen LogP) is 3.26. The molecule has 1 aliphatic carbocycles. The van der Waals surface area contributed by atoms with Crippen molar-refractivity contribution in [1.29, 1.82) is 0 Å². The fourth-order valence-corrected chi connectivity index (χ4v) is 3.20. The zero-order valence-corrected chi connectivity index (χ0v) is 13.4. The molecule has 4 nitrogen and oxygen atoms in total. The van der Waals surface area contributed by atoms with Crippen molar-refractivity contribution in [3.63, 3.8) is 0 Å². The van der Waals surface area contributed by atoms with Gasteiger partial charge in [0, 0.05) is 18.4 Å². The number of hydrogen-bond donors (Lipinski definition) is 2. The van der Waals surface area contributed by atoms with E-state index in [1.165, 1.54) is 11.1 Å². The van der Waals surface area contributed by atoms with Crippen LogP contribution in [0.3, 0.4) is 0 Å². The van der Waals surface area contributed by atoms with Crippen molar-refractivity contribution in [1.82, 2.24) is 5.32 Å². The van der Waals surface area contributed by atoms with Crippen molar-refractivity contribution in [2.45, 2.75) is 63.8 Å². The molecule has 0 saturated heterocycles. The van der Waals surface area contributed by atoms with Gasteiger partial charge in [-0.25, -0.2) is 0 Å². The van der Waals surface area contributed by atoms with Gasteiger partial charge < -0.3 is 10.4 Å². The van der Waals surface area contributed by atoms with E-state index in [4.69, 9.17) is 5.11 Å². The number of carbonyl (C=O) groups excluding carboxylic acids is 1. The average molecular weight is 303 g/mol. The lowest BCUT2D eigenvalue weighted by molar-refractivity contribution is -0.137. The third-order valence-electron chi connectivity index (χ3n) is 4.37. The van der Waals surface area contributed by atoms with Gasteiger partial charge in [0.15, 0.2) is 0 Å². The van der Waals surface area contributed by atoms with E-state index in [-0.39, 0.29) is 18.2 Å². The summed E-state index contributed by atoms with van der Waals surface area (Å²) in [7, 11) is 0. The number of fused-ring (bicyclic) bond motifs is 1. The molecule has 1 aromatic carbocycles. The summed E-state index contributed by atoms with van der Waals surface area (Å²) in [6, 6.07) is 8.36. The van der Waals surface area contributed by atoms with Crippen LogP contribution in [0.25, 0.3) is 0 Å². The molecule has 0 heterocycles. The quantitative estimate of drug-likeness (QED) is 0.847. The Bertz CT molecular complexity index is 551. The maximum Gasteiger partial charge on any atom is 0.303 e. The summed E-state index contributed by atoms with van der Waals surface area (Å²) in [5.74, 6) is -0.541. The Balaban J connectivity index is 1.94. The molecular formula is C18H25NO3. The number of carboxylic acid groups (broad SMARTS) is 1. The number of hydrogen-bond acceptors (Lipinski definition) is 2. The van der Waals surface area contributed by atoms with Crippen LogP contribution in [0.1, 0.15) is 63.0 Å². The van der Waals surface area contributed by atoms with E-state index in [1.54, 1.807) is 0 Å². The average Bonchev–Trinajstić information content (AvgIpc) is 2.45. The van der Waals surface area contributed by atoms with E-state index in [9.17, 15) is 9.59 Å². The summed E-state index contributed by atoms with van der Waals surface area (Å²) in [5.41, 5.74) is 2.17. The molecule has 2 rings (SSSR count). The topological polar surface area (TPSA) is 66.4 Å². The standard InChI is InChI=1S/C18H25NO3/c1-18(2,11-10-17(21)22)19-16(20)12-14-8-5-7-13-6-3-4-9-15(13)14/h3-4,6,9,14H,5,7-8,10-12H2,1-2H3,(H,19,20)(H,21,22). The second-order valence-corrected chi connectivity index (χ2v) is 6.82. The van der Waals surface area contributed by atoms with Gasteiger partial charge in [-0.15, -0.1) is 0 Å². The van der Waals surface area contributed by atoms with Gasteiger partial charge >= 0.3 is 5.97 Å². The maximum absolute atomic E-state index is 12.3. The Labute approximate surface area is 131 Å². The first-order valence-corrected chi connectivity index (χ1v) is 7.98. The van der Waals surface area contributed by atoms with Gasteiger partial charge in [0.05, 0.1) is 0 Å². The molecule has 0 bridgehead atoms. The molecule has 0 aromatic heterocycles. The minimum absolute atomic E-state index is 0.0112. The lowest BCUT2D eigenvalue weighted by Gasteiger charge is -2.29. The van der Waals surface area contributed by atoms with Crippen LogP contribution in [0.5, 0.6) is 0 Å². The van der Waals surface area contributed by atoms with Crippen LogP contribution < -0.4 is 5.32 Å². The second kappa shape index (κ2) is 6.95. The Morgan fingerprint density at radius 1 is 1.32 bits per heavy atom. The Morgan fingerprint density at radius 2 is 2.05 bits per heavy atom. The molecule has 0 spiro atoms. The highest BCUT2D eigenvalue weighted by Gasteiger charge is 2.26. The van der Waals surface area contributed by atoms with E-state index in [0.29, 0.717) is 12.8 Å². The molecule has 1 aromatic rings. The molecule has 0 radical (unpaired) electrons. The van der Waals surface area contributed by atoms with Gasteiger partial charge in [-0.3, -0.25) is 9.59 Å². The number of amides is 1. The Kier molecular flexibility index (Phi) is 5.22. The van der Waals surface area contributed by atoms with Gasteiger partial charge in [-0.2, -0.15) is 0 Å². The van der Waals surface area contributed by atoms with Crippen LogP contribution in [-0.4, -0.2) is 22.5 Å². The van der Waals surface area contributed by atoms with Crippen molar-refractivity contribution in [2.75, 3.05) is 0 Å². The van der Waals surface area contributed by atoms with Crippen molar-refractivity contribution < 1.29 is 14.7 Å². The van der Waals surface area contributed by atoms with Gasteiger partial charge in [-0.05, 0) is 56.6 Å². The highest BCUT2D eigenvalue weighted by Crippen LogP contribution is 2.33.